The number of hydrazone groups is 1. The van der Waals surface area contributed by atoms with Gasteiger partial charge in [-0.25, -0.2) is 0 Å². The van der Waals surface area contributed by atoms with Crippen LogP contribution < -0.4 is 9.47 Å². The van der Waals surface area contributed by atoms with Crippen molar-refractivity contribution in [3.8, 4) is 23.8 Å². The van der Waals surface area contributed by atoms with Crippen LogP contribution in [-0.4, -0.2) is 36.3 Å². The molecule has 4 unspecified atom stereocenters. The van der Waals surface area contributed by atoms with E-state index in [0.29, 0.717) is 28.1 Å². The molecule has 1 saturated heterocycles. The van der Waals surface area contributed by atoms with Gasteiger partial charge in [-0.3, -0.25) is 9.59 Å². The van der Waals surface area contributed by atoms with Gasteiger partial charge < -0.3 is 9.47 Å². The van der Waals surface area contributed by atoms with Crippen molar-refractivity contribution in [1.29, 1.82) is 0 Å². The van der Waals surface area contributed by atoms with Crippen LogP contribution in [0.1, 0.15) is 18.9 Å². The van der Waals surface area contributed by atoms with Crippen molar-refractivity contribution in [3.63, 3.8) is 0 Å². The molecule has 0 spiro atoms. The van der Waals surface area contributed by atoms with Gasteiger partial charge in [0.05, 0.1) is 24.7 Å². The summed E-state index contributed by atoms with van der Waals surface area (Å²) in [6.07, 6.45) is 11.7. The Morgan fingerprint density at radius 2 is 1.97 bits per heavy atom. The summed E-state index contributed by atoms with van der Waals surface area (Å²) < 4.78 is 11.6. The third-order valence-electron chi connectivity index (χ3n) is 5.51. The average Bonchev–Trinajstić information content (AvgIpc) is 3.38. The molecular weight excluding hydrogens is 460 g/mol. The lowest BCUT2D eigenvalue weighted by Gasteiger charge is -2.15. The fourth-order valence-corrected chi connectivity index (χ4v) is 4.98. The van der Waals surface area contributed by atoms with E-state index in [0.717, 1.165) is 11.4 Å². The van der Waals surface area contributed by atoms with Crippen molar-refractivity contribution < 1.29 is 19.1 Å². The maximum atomic E-state index is 12.8. The Balaban J connectivity index is 1.62. The van der Waals surface area contributed by atoms with E-state index in [9.17, 15) is 9.59 Å². The van der Waals surface area contributed by atoms with Crippen molar-refractivity contribution in [1.82, 2.24) is 5.01 Å². The molecule has 2 bridgehead atoms. The Labute approximate surface area is 182 Å². The second-order valence-corrected chi connectivity index (χ2v) is 8.25. The highest BCUT2D eigenvalue weighted by molar-refractivity contribution is 9.10. The number of ether oxygens (including phenoxy) is 2. The lowest BCUT2D eigenvalue weighted by molar-refractivity contribution is -0.140. The molecular formula is C21H18BrClN2O4. The molecule has 2 amide bonds. The molecule has 1 aromatic rings. The first-order valence-corrected chi connectivity index (χ1v) is 10.5. The van der Waals surface area contributed by atoms with Crippen LogP contribution in [0.3, 0.4) is 0 Å². The largest absolute Gasteiger partial charge is 0.490 e. The molecule has 3 aliphatic rings. The molecule has 0 aromatic heterocycles. The Morgan fingerprint density at radius 3 is 2.55 bits per heavy atom. The van der Waals surface area contributed by atoms with Gasteiger partial charge >= 0.3 is 0 Å². The number of hydrogen-bond donors (Lipinski definition) is 0. The topological polar surface area (TPSA) is 68.2 Å². The van der Waals surface area contributed by atoms with Crippen molar-refractivity contribution in [2.24, 2.45) is 28.8 Å². The first kappa shape index (κ1) is 20.0. The summed E-state index contributed by atoms with van der Waals surface area (Å²) in [6, 6.07) is 1.67. The predicted octanol–water partition coefficient (Wildman–Crippen LogP) is 3.65. The van der Waals surface area contributed by atoms with Gasteiger partial charge in [0.25, 0.3) is 11.8 Å². The van der Waals surface area contributed by atoms with Gasteiger partial charge in [0.15, 0.2) is 11.5 Å². The number of fused-ring (bicyclic) bond motifs is 5. The van der Waals surface area contributed by atoms with Crippen molar-refractivity contribution >= 4 is 45.6 Å². The summed E-state index contributed by atoms with van der Waals surface area (Å²) in [5.74, 6) is 2.32. The minimum atomic E-state index is -0.291. The number of benzene rings is 1. The lowest BCUT2D eigenvalue weighted by Crippen LogP contribution is -2.28. The highest BCUT2D eigenvalue weighted by Crippen LogP contribution is 2.52. The number of rotatable bonds is 6. The van der Waals surface area contributed by atoms with Crippen LogP contribution in [0.25, 0.3) is 0 Å². The van der Waals surface area contributed by atoms with Gasteiger partial charge in [-0.15, -0.1) is 6.42 Å². The second kappa shape index (κ2) is 7.85. The third-order valence-corrected chi connectivity index (χ3v) is 6.96. The van der Waals surface area contributed by atoms with E-state index in [-0.39, 0.29) is 47.1 Å². The van der Waals surface area contributed by atoms with Crippen molar-refractivity contribution in [3.05, 3.63) is 33.3 Å². The first-order valence-electron chi connectivity index (χ1n) is 9.29. The van der Waals surface area contributed by atoms with Gasteiger partial charge in [0.2, 0.25) is 0 Å². The summed E-state index contributed by atoms with van der Waals surface area (Å²) in [4.78, 5) is 25.5. The lowest BCUT2D eigenvalue weighted by atomic mass is 9.85. The van der Waals surface area contributed by atoms with Crippen LogP contribution in [0, 0.1) is 36.0 Å². The molecule has 8 heteroatoms. The SMILES string of the molecule is C#CCOc1c(OCC)cc(C=NN2C(=O)C3C4C=CC(C4)C3C2=O)c(Br)c1Cl. The third kappa shape index (κ3) is 3.24. The van der Waals surface area contributed by atoms with E-state index < -0.39 is 0 Å². The van der Waals surface area contributed by atoms with Gasteiger partial charge in [-0.1, -0.05) is 29.7 Å². The summed E-state index contributed by atoms with van der Waals surface area (Å²) in [5, 5.41) is 5.45. The minimum Gasteiger partial charge on any atom is -0.490 e. The minimum absolute atomic E-state index is 0.0373. The van der Waals surface area contributed by atoms with E-state index in [1.807, 2.05) is 19.1 Å². The molecule has 4 atom stereocenters. The van der Waals surface area contributed by atoms with Crippen molar-refractivity contribution in [2.45, 2.75) is 13.3 Å². The molecule has 1 saturated carbocycles. The number of imide groups is 1. The van der Waals surface area contributed by atoms with Crippen LogP contribution >= 0.6 is 27.5 Å². The van der Waals surface area contributed by atoms with Crippen LogP contribution in [0.15, 0.2) is 27.8 Å². The molecule has 2 aliphatic carbocycles. The molecule has 0 N–H and O–H groups in total. The Bertz CT molecular complexity index is 954. The van der Waals surface area contributed by atoms with E-state index in [4.69, 9.17) is 27.5 Å². The zero-order chi connectivity index (χ0) is 20.7. The van der Waals surface area contributed by atoms with Gasteiger partial charge in [-0.05, 0) is 47.2 Å². The summed E-state index contributed by atoms with van der Waals surface area (Å²) in [7, 11) is 0. The van der Waals surface area contributed by atoms with Crippen LogP contribution in [0.5, 0.6) is 11.5 Å². The van der Waals surface area contributed by atoms with Gasteiger partial charge in [-0.2, -0.15) is 10.1 Å². The Hall–Kier alpha value is -2.30. The molecule has 4 rings (SSSR count). The fraction of sp³-hybridized carbons (Fsp3) is 0.381. The van der Waals surface area contributed by atoms with E-state index in [1.54, 1.807) is 6.07 Å². The number of carbonyl (C=O) groups excluding carboxylic acids is 2. The molecule has 150 valence electrons. The molecule has 0 radical (unpaired) electrons. The average molecular weight is 478 g/mol. The van der Waals surface area contributed by atoms with Crippen LogP contribution in [0.4, 0.5) is 0 Å². The van der Waals surface area contributed by atoms with Crippen LogP contribution in [0.2, 0.25) is 5.02 Å². The number of halogens is 2. The number of nitrogens with zero attached hydrogens (tertiary/aromatic N) is 2. The maximum absolute atomic E-state index is 12.8. The molecule has 29 heavy (non-hydrogen) atoms. The van der Waals surface area contributed by atoms with Gasteiger partial charge in [0.1, 0.15) is 11.6 Å². The predicted molar refractivity (Wildman–Crippen MR) is 112 cm³/mol. The molecule has 1 aromatic carbocycles. The molecule has 6 nitrogen and oxygen atoms in total. The molecule has 2 fully saturated rings. The number of terminal acetylenes is 1. The van der Waals surface area contributed by atoms with Crippen LogP contribution in [-0.2, 0) is 9.59 Å². The number of carbonyl (C=O) groups is 2. The first-order chi connectivity index (χ1) is 14.0. The zero-order valence-corrected chi connectivity index (χ0v) is 17.9. The highest BCUT2D eigenvalue weighted by atomic mass is 79.9. The summed E-state index contributed by atoms with van der Waals surface area (Å²) >= 11 is 9.83. The summed E-state index contributed by atoms with van der Waals surface area (Å²) in [5.41, 5.74) is 0.547. The zero-order valence-electron chi connectivity index (χ0n) is 15.6. The monoisotopic (exact) mass is 476 g/mol. The quantitative estimate of drug-likeness (QED) is 0.271. The van der Waals surface area contributed by atoms with Crippen molar-refractivity contribution in [2.75, 3.05) is 13.2 Å². The molecule has 1 heterocycles. The van der Waals surface area contributed by atoms with E-state index in [2.05, 4.69) is 27.0 Å². The molecule has 1 aliphatic heterocycles. The second-order valence-electron chi connectivity index (χ2n) is 7.08. The van der Waals surface area contributed by atoms with E-state index >= 15 is 0 Å². The van der Waals surface area contributed by atoms with E-state index in [1.165, 1.54) is 6.21 Å². The highest BCUT2D eigenvalue weighted by Gasteiger charge is 2.59. The summed E-state index contributed by atoms with van der Waals surface area (Å²) in [6.45, 7) is 2.26. The number of allylic oxidation sites excluding steroid dienone is 2. The van der Waals surface area contributed by atoms with Gasteiger partial charge in [0, 0.05) is 10.0 Å². The Kier molecular flexibility index (Phi) is 5.41. The number of amides is 2. The normalized spacial score (nSPS) is 27.0. The number of hydrogen-bond acceptors (Lipinski definition) is 5. The standard InChI is InChI=1S/C21H18BrClN2O4/c1-3-7-29-19-14(28-4-2)9-13(17(22)18(19)23)10-24-25-20(26)15-11-5-6-12(8-11)16(15)21(25)27/h1,5-6,9-12,15-16H,4,7-8H2,2H3. The smallest absolute Gasteiger partial charge is 0.254 e. The fourth-order valence-electron chi connectivity index (χ4n) is 4.33. The maximum Gasteiger partial charge on any atom is 0.254 e. The Morgan fingerprint density at radius 1 is 1.31 bits per heavy atom.